The van der Waals surface area contributed by atoms with Gasteiger partial charge in [-0.05, 0) is 85.0 Å². The Kier molecular flexibility index (Phi) is 6.76. The Morgan fingerprint density at radius 1 is 0.600 bits per heavy atom. The van der Waals surface area contributed by atoms with Gasteiger partial charge in [-0.15, -0.1) is 0 Å². The zero-order valence-corrected chi connectivity index (χ0v) is 17.9. The van der Waals surface area contributed by atoms with Crippen LogP contribution >= 0.6 is 0 Å². The van der Waals surface area contributed by atoms with Crippen LogP contribution in [0.3, 0.4) is 0 Å². The van der Waals surface area contributed by atoms with Crippen molar-refractivity contribution in [2.75, 3.05) is 0 Å². The number of phenolic OH excluding ortho intramolecular Hbond substituents is 2. The molecule has 0 aliphatic heterocycles. The Bertz CT molecular complexity index is 798. The van der Waals surface area contributed by atoms with E-state index in [0.717, 1.165) is 36.8 Å². The zero-order chi connectivity index (χ0) is 20.9. The van der Waals surface area contributed by atoms with Crippen molar-refractivity contribution in [1.82, 2.24) is 0 Å². The zero-order valence-electron chi connectivity index (χ0n) is 17.9. The lowest BCUT2D eigenvalue weighted by atomic mass is 9.87. The second-order valence-corrected chi connectivity index (χ2v) is 9.25. The maximum absolute atomic E-state index is 13.3. The van der Waals surface area contributed by atoms with Gasteiger partial charge in [0, 0.05) is 11.1 Å². The fourth-order valence-electron chi connectivity index (χ4n) is 5.39. The maximum atomic E-state index is 13.3. The fraction of sp³-hybridized carbons (Fsp3) is 0.519. The summed E-state index contributed by atoms with van der Waals surface area (Å²) >= 11 is 0. The number of carbonyl (C=O) groups is 1. The summed E-state index contributed by atoms with van der Waals surface area (Å²) in [5.74, 6) is 1.26. The van der Waals surface area contributed by atoms with E-state index < -0.39 is 0 Å². The van der Waals surface area contributed by atoms with Gasteiger partial charge < -0.3 is 10.2 Å². The third-order valence-corrected chi connectivity index (χ3v) is 7.17. The summed E-state index contributed by atoms with van der Waals surface area (Å²) in [5, 5.41) is 20.9. The molecule has 2 saturated carbocycles. The first-order valence-corrected chi connectivity index (χ1v) is 11.8. The number of phenols is 2. The highest BCUT2D eigenvalue weighted by Gasteiger charge is 2.22. The minimum atomic E-state index is -0.0280. The third-order valence-electron chi connectivity index (χ3n) is 7.17. The molecule has 0 unspecified atom stereocenters. The van der Waals surface area contributed by atoms with Gasteiger partial charge in [0.05, 0.1) is 0 Å². The van der Waals surface area contributed by atoms with Crippen LogP contribution in [0, 0.1) is 0 Å². The average molecular weight is 407 g/mol. The van der Waals surface area contributed by atoms with Crippen molar-refractivity contribution in [2.45, 2.75) is 88.9 Å². The number of benzene rings is 2. The smallest absolute Gasteiger partial charge is 0.193 e. The Balaban J connectivity index is 1.61. The molecule has 0 saturated heterocycles. The molecule has 30 heavy (non-hydrogen) atoms. The van der Waals surface area contributed by atoms with Crippen molar-refractivity contribution in [2.24, 2.45) is 0 Å². The standard InChI is InChI=1S/C27H34O3/c28-25-15-13-21(17-23(25)19-9-5-1-2-6-10-19)27(30)22-14-16-26(29)24(18-22)20-11-7-3-4-8-12-20/h13-20,28-29H,1-12H2. The first-order valence-electron chi connectivity index (χ1n) is 11.8. The summed E-state index contributed by atoms with van der Waals surface area (Å²) in [6.45, 7) is 0. The molecule has 2 aliphatic carbocycles. The number of hydrogen-bond donors (Lipinski definition) is 2. The van der Waals surface area contributed by atoms with Gasteiger partial charge in [0.1, 0.15) is 11.5 Å². The molecular weight excluding hydrogens is 372 g/mol. The molecule has 0 heterocycles. The highest BCUT2D eigenvalue weighted by molar-refractivity contribution is 6.09. The van der Waals surface area contributed by atoms with Gasteiger partial charge in [0.25, 0.3) is 0 Å². The Labute approximate surface area is 180 Å². The number of hydrogen-bond acceptors (Lipinski definition) is 3. The van der Waals surface area contributed by atoms with Crippen LogP contribution in [-0.4, -0.2) is 16.0 Å². The molecule has 0 bridgehead atoms. The molecule has 0 spiro atoms. The van der Waals surface area contributed by atoms with Crippen LogP contribution in [0.1, 0.15) is 116 Å². The summed E-state index contributed by atoms with van der Waals surface area (Å²) in [4.78, 5) is 13.3. The monoisotopic (exact) mass is 406 g/mol. The van der Waals surface area contributed by atoms with Crippen molar-refractivity contribution in [1.29, 1.82) is 0 Å². The van der Waals surface area contributed by atoms with Crippen LogP contribution < -0.4 is 0 Å². The van der Waals surface area contributed by atoms with Crippen molar-refractivity contribution in [3.63, 3.8) is 0 Å². The van der Waals surface area contributed by atoms with Gasteiger partial charge in [-0.25, -0.2) is 0 Å². The van der Waals surface area contributed by atoms with E-state index in [2.05, 4.69) is 0 Å². The average Bonchev–Trinajstić information content (AvgIpc) is 3.19. The first kappa shape index (κ1) is 21.0. The van der Waals surface area contributed by atoms with Gasteiger partial charge in [0.2, 0.25) is 0 Å². The molecule has 0 radical (unpaired) electrons. The highest BCUT2D eigenvalue weighted by atomic mass is 16.3. The summed E-state index contributed by atoms with van der Waals surface area (Å²) in [7, 11) is 0. The Morgan fingerprint density at radius 2 is 0.967 bits per heavy atom. The summed E-state index contributed by atoms with van der Waals surface area (Å²) in [6, 6.07) is 10.6. The van der Waals surface area contributed by atoms with E-state index in [1.54, 1.807) is 24.3 Å². The number of aromatic hydroxyl groups is 2. The summed E-state index contributed by atoms with van der Waals surface area (Å²) in [5.41, 5.74) is 3.10. The molecule has 2 N–H and O–H groups in total. The van der Waals surface area contributed by atoms with Crippen LogP contribution in [-0.2, 0) is 0 Å². The molecule has 3 heteroatoms. The van der Waals surface area contributed by atoms with E-state index in [-0.39, 0.29) is 5.78 Å². The minimum Gasteiger partial charge on any atom is -0.508 e. The molecule has 4 rings (SSSR count). The molecule has 0 aromatic heterocycles. The topological polar surface area (TPSA) is 57.5 Å². The molecule has 2 aliphatic rings. The lowest BCUT2D eigenvalue weighted by molar-refractivity contribution is 0.103. The molecule has 0 atom stereocenters. The van der Waals surface area contributed by atoms with Crippen LogP contribution in [0.2, 0.25) is 0 Å². The third kappa shape index (κ3) is 4.71. The van der Waals surface area contributed by atoms with Crippen LogP contribution in [0.4, 0.5) is 0 Å². The van der Waals surface area contributed by atoms with Crippen LogP contribution in [0.15, 0.2) is 36.4 Å². The summed E-state index contributed by atoms with van der Waals surface area (Å²) < 4.78 is 0. The van der Waals surface area contributed by atoms with Crippen molar-refractivity contribution in [3.05, 3.63) is 58.7 Å². The van der Waals surface area contributed by atoms with Gasteiger partial charge in [-0.3, -0.25) is 4.79 Å². The lowest BCUT2D eigenvalue weighted by Gasteiger charge is -2.18. The lowest BCUT2D eigenvalue weighted by Crippen LogP contribution is -2.06. The van der Waals surface area contributed by atoms with Crippen molar-refractivity contribution < 1.29 is 15.0 Å². The number of ketones is 1. The second-order valence-electron chi connectivity index (χ2n) is 9.25. The highest BCUT2D eigenvalue weighted by Crippen LogP contribution is 2.39. The minimum absolute atomic E-state index is 0.0280. The Morgan fingerprint density at radius 3 is 1.33 bits per heavy atom. The molecule has 160 valence electrons. The molecular formula is C27H34O3. The van der Waals surface area contributed by atoms with E-state index in [1.807, 2.05) is 12.1 Å². The first-order chi connectivity index (χ1) is 14.6. The normalized spacial score (nSPS) is 19.2. The van der Waals surface area contributed by atoms with Crippen molar-refractivity contribution >= 4 is 5.78 Å². The van der Waals surface area contributed by atoms with Gasteiger partial charge in [-0.2, -0.15) is 0 Å². The summed E-state index contributed by atoms with van der Waals surface area (Å²) in [6.07, 6.45) is 14.1. The predicted octanol–water partition coefficient (Wildman–Crippen LogP) is 7.20. The van der Waals surface area contributed by atoms with E-state index in [9.17, 15) is 15.0 Å². The van der Waals surface area contributed by atoms with Gasteiger partial charge >= 0.3 is 0 Å². The van der Waals surface area contributed by atoms with E-state index >= 15 is 0 Å². The molecule has 2 aromatic rings. The predicted molar refractivity (Wildman–Crippen MR) is 121 cm³/mol. The molecule has 2 aromatic carbocycles. The maximum Gasteiger partial charge on any atom is 0.193 e. The quantitative estimate of drug-likeness (QED) is 0.417. The second kappa shape index (κ2) is 9.68. The van der Waals surface area contributed by atoms with E-state index in [4.69, 9.17) is 0 Å². The largest absolute Gasteiger partial charge is 0.508 e. The van der Waals surface area contributed by atoms with E-state index in [0.29, 0.717) is 34.5 Å². The fourth-order valence-corrected chi connectivity index (χ4v) is 5.39. The van der Waals surface area contributed by atoms with Crippen LogP contribution in [0.25, 0.3) is 0 Å². The Hall–Kier alpha value is -2.29. The van der Waals surface area contributed by atoms with E-state index in [1.165, 1.54) is 51.4 Å². The number of rotatable bonds is 4. The molecule has 0 amide bonds. The van der Waals surface area contributed by atoms with Crippen LogP contribution in [0.5, 0.6) is 11.5 Å². The SMILES string of the molecule is O=C(c1ccc(O)c(C2CCCCCC2)c1)c1ccc(O)c(C2CCCCCC2)c1. The number of carbonyl (C=O) groups excluding carboxylic acids is 1. The van der Waals surface area contributed by atoms with Gasteiger partial charge in [-0.1, -0.05) is 51.4 Å². The molecule has 3 nitrogen and oxygen atoms in total. The molecule has 2 fully saturated rings. The van der Waals surface area contributed by atoms with Gasteiger partial charge in [0.15, 0.2) is 5.78 Å². The van der Waals surface area contributed by atoms with Crippen molar-refractivity contribution in [3.8, 4) is 11.5 Å².